The van der Waals surface area contributed by atoms with Crippen LogP contribution in [0.1, 0.15) is 153 Å². The van der Waals surface area contributed by atoms with E-state index in [-0.39, 0.29) is 39.3 Å². The summed E-state index contributed by atoms with van der Waals surface area (Å²) in [7, 11) is 0. The molecule has 13 rings (SSSR count). The Hall–Kier alpha value is -6.00. The lowest BCUT2D eigenvalue weighted by Gasteiger charge is -2.52. The summed E-state index contributed by atoms with van der Waals surface area (Å²) in [6.45, 7) is 31.3. The van der Waals surface area contributed by atoms with E-state index in [0.29, 0.717) is 0 Å². The first-order valence-corrected chi connectivity index (χ1v) is 26.0. The average molecular weight is 902 g/mol. The van der Waals surface area contributed by atoms with Crippen LogP contribution in [-0.4, -0.2) is 12.3 Å². The molecule has 7 aromatic rings. The zero-order valence-electron chi connectivity index (χ0n) is 43.4. The third-order valence-corrected chi connectivity index (χ3v) is 18.5. The monoisotopic (exact) mass is 902 g/mol. The van der Waals surface area contributed by atoms with E-state index in [1.54, 1.807) is 0 Å². The van der Waals surface area contributed by atoms with Crippen molar-refractivity contribution < 1.29 is 0 Å². The van der Waals surface area contributed by atoms with Gasteiger partial charge in [0.1, 0.15) is 0 Å². The second-order valence-electron chi connectivity index (χ2n) is 25.5. The van der Waals surface area contributed by atoms with Gasteiger partial charge in [-0.1, -0.05) is 161 Å². The third-order valence-electron chi connectivity index (χ3n) is 18.5. The van der Waals surface area contributed by atoms with Crippen LogP contribution in [0.3, 0.4) is 0 Å². The van der Waals surface area contributed by atoms with Crippen molar-refractivity contribution in [3.05, 3.63) is 172 Å². The van der Waals surface area contributed by atoms with Gasteiger partial charge in [0.15, 0.2) is 0 Å². The first kappa shape index (κ1) is 43.1. The summed E-state index contributed by atoms with van der Waals surface area (Å²) in [5.41, 5.74) is 28.4. The maximum atomic E-state index is 2.81. The van der Waals surface area contributed by atoms with Gasteiger partial charge < -0.3 is 14.7 Å². The van der Waals surface area contributed by atoms with Gasteiger partial charge in [0.05, 0.1) is 11.2 Å². The second-order valence-corrected chi connectivity index (χ2v) is 25.5. The van der Waals surface area contributed by atoms with Crippen molar-refractivity contribution in [2.24, 2.45) is 0 Å². The summed E-state index contributed by atoms with van der Waals surface area (Å²) in [6, 6.07) is 51.1. The highest BCUT2D eigenvalue weighted by atomic mass is 15.3. The highest BCUT2D eigenvalue weighted by Crippen LogP contribution is 2.65. The lowest BCUT2D eigenvalue weighted by Crippen LogP contribution is -2.63. The van der Waals surface area contributed by atoms with E-state index in [2.05, 4.69) is 232 Å². The highest BCUT2D eigenvalue weighted by Gasteiger charge is 2.59. The molecule has 0 amide bonds. The zero-order valence-corrected chi connectivity index (χ0v) is 43.4. The van der Waals surface area contributed by atoms with Crippen molar-refractivity contribution in [2.75, 3.05) is 14.7 Å². The Labute approximate surface area is 412 Å². The Morgan fingerprint density at radius 1 is 0.478 bits per heavy atom. The molecule has 0 aromatic heterocycles. The van der Waals surface area contributed by atoms with E-state index in [4.69, 9.17) is 0 Å². The number of hydrogen-bond donors (Lipinski definition) is 0. The van der Waals surface area contributed by atoms with Gasteiger partial charge in [-0.05, 0) is 170 Å². The van der Waals surface area contributed by atoms with Gasteiger partial charge in [0.2, 0.25) is 0 Å². The number of anilines is 8. The van der Waals surface area contributed by atoms with Crippen molar-refractivity contribution in [2.45, 2.75) is 148 Å². The van der Waals surface area contributed by atoms with Crippen molar-refractivity contribution >= 4 is 68.6 Å². The van der Waals surface area contributed by atoms with Crippen LogP contribution in [0.5, 0.6) is 0 Å². The van der Waals surface area contributed by atoms with Crippen LogP contribution in [-0.2, 0) is 27.1 Å². The molecule has 3 unspecified atom stereocenters. The van der Waals surface area contributed by atoms with E-state index in [0.717, 1.165) is 0 Å². The van der Waals surface area contributed by atoms with Crippen LogP contribution in [0.15, 0.2) is 127 Å². The number of hydrogen-bond acceptors (Lipinski definition) is 3. The maximum Gasteiger partial charge on any atom is 0.252 e. The lowest BCUT2D eigenvalue weighted by atomic mass is 9.32. The fraction of sp³-hybridized carbons (Fsp3) is 0.354. The van der Waals surface area contributed by atoms with Crippen molar-refractivity contribution in [1.29, 1.82) is 0 Å². The molecular weight excluding hydrogens is 834 g/mol. The van der Waals surface area contributed by atoms with Gasteiger partial charge in [-0.2, -0.15) is 0 Å². The molecule has 346 valence electrons. The van der Waals surface area contributed by atoms with Gasteiger partial charge in [-0.15, -0.1) is 0 Å². The number of aryl methyl sites for hydroxylation is 1. The second kappa shape index (κ2) is 13.7. The highest BCUT2D eigenvalue weighted by molar-refractivity contribution is 7.00. The van der Waals surface area contributed by atoms with E-state index < -0.39 is 0 Å². The molecule has 2 aliphatic carbocycles. The third kappa shape index (κ3) is 5.47. The number of rotatable bonds is 2. The number of fused-ring (bicyclic) bond motifs is 13. The SMILES string of the molecule is Cc1cc2c3c4c1C1(C)c5ccccc5-c5cccc(c51)N4c1cc(N4c5ccc(C(C)(C)C)cc5C5(C)CCCCC45C)ccc1B3c1cc(C(C)(C)C)ccc1N2c1ccc(C(C)(C)C)cc1. The van der Waals surface area contributed by atoms with Crippen molar-refractivity contribution in [1.82, 2.24) is 0 Å². The molecule has 69 heavy (non-hydrogen) atoms. The fourth-order valence-electron chi connectivity index (χ4n) is 14.7. The predicted molar refractivity (Wildman–Crippen MR) is 295 cm³/mol. The normalized spacial score (nSPS) is 22.4. The summed E-state index contributed by atoms with van der Waals surface area (Å²) in [5, 5.41) is 0. The lowest BCUT2D eigenvalue weighted by molar-refractivity contribution is 0.195. The molecule has 3 nitrogen and oxygen atoms in total. The largest absolute Gasteiger partial charge is 0.334 e. The first-order chi connectivity index (χ1) is 32.7. The van der Waals surface area contributed by atoms with E-state index >= 15 is 0 Å². The quantitative estimate of drug-likeness (QED) is 0.160. The summed E-state index contributed by atoms with van der Waals surface area (Å²) < 4.78 is 0. The molecule has 0 spiro atoms. The fourth-order valence-corrected chi connectivity index (χ4v) is 14.7. The van der Waals surface area contributed by atoms with Crippen LogP contribution >= 0.6 is 0 Å². The molecule has 7 aromatic carbocycles. The number of benzene rings is 7. The summed E-state index contributed by atoms with van der Waals surface area (Å²) in [4.78, 5) is 8.17. The minimum atomic E-state index is -0.337. The molecule has 4 heterocycles. The molecule has 6 aliphatic rings. The van der Waals surface area contributed by atoms with Gasteiger partial charge in [-0.25, -0.2) is 0 Å². The average Bonchev–Trinajstić information content (AvgIpc) is 3.69. The molecule has 4 heteroatoms. The summed E-state index contributed by atoms with van der Waals surface area (Å²) in [5.74, 6) is 0. The maximum absolute atomic E-state index is 2.81. The standard InChI is InChI=1S/C65H68BN3/c1-39-35-55-58-59-56(39)65(13)47-21-15-14-19-45(47)46-20-18-22-53(57(46)65)68(59)54-38-44(69-51-31-25-41(61(5,6)7)36-48(51)63(11)33-16-17-34-64(63,69)12)29-30-49(54)66(58)50-37-42(62(8,9)10)26-32-52(50)67(55)43-27-23-40(24-28-43)60(2,3)4/h14-15,18-32,35-38H,16-17,33-34H2,1-13H3. The van der Waals surface area contributed by atoms with Crippen molar-refractivity contribution in [3.63, 3.8) is 0 Å². The van der Waals surface area contributed by atoms with Gasteiger partial charge in [-0.3, -0.25) is 0 Å². The topological polar surface area (TPSA) is 9.72 Å². The Kier molecular flexibility index (Phi) is 8.52. The minimum Gasteiger partial charge on any atom is -0.334 e. The molecule has 3 atom stereocenters. The van der Waals surface area contributed by atoms with Crippen molar-refractivity contribution in [3.8, 4) is 11.1 Å². The zero-order chi connectivity index (χ0) is 48.1. The Bertz CT molecular complexity index is 3380. The van der Waals surface area contributed by atoms with Crippen LogP contribution in [0.2, 0.25) is 0 Å². The molecule has 0 saturated heterocycles. The van der Waals surface area contributed by atoms with Crippen LogP contribution in [0, 0.1) is 6.92 Å². The first-order valence-electron chi connectivity index (χ1n) is 26.0. The van der Waals surface area contributed by atoms with E-state index in [9.17, 15) is 0 Å². The van der Waals surface area contributed by atoms with Crippen LogP contribution < -0.4 is 31.1 Å². The Morgan fingerprint density at radius 3 is 1.84 bits per heavy atom. The van der Waals surface area contributed by atoms with E-state index in [1.807, 2.05) is 0 Å². The van der Waals surface area contributed by atoms with Gasteiger partial charge >= 0.3 is 0 Å². The molecule has 1 fully saturated rings. The molecule has 1 saturated carbocycles. The van der Waals surface area contributed by atoms with Gasteiger partial charge in [0, 0.05) is 50.6 Å². The Morgan fingerprint density at radius 2 is 1.12 bits per heavy atom. The molecule has 0 bridgehead atoms. The van der Waals surface area contributed by atoms with Crippen LogP contribution in [0.25, 0.3) is 11.1 Å². The van der Waals surface area contributed by atoms with Crippen LogP contribution in [0.4, 0.5) is 45.5 Å². The van der Waals surface area contributed by atoms with E-state index in [1.165, 1.54) is 143 Å². The summed E-state index contributed by atoms with van der Waals surface area (Å²) in [6.07, 6.45) is 4.89. The Balaban J connectivity index is 1.13. The smallest absolute Gasteiger partial charge is 0.252 e. The predicted octanol–water partition coefficient (Wildman–Crippen LogP) is 15.4. The molecule has 0 N–H and O–H groups in total. The molecule has 4 aliphatic heterocycles. The number of nitrogens with zero attached hydrogens (tertiary/aromatic N) is 3. The summed E-state index contributed by atoms with van der Waals surface area (Å²) >= 11 is 0. The van der Waals surface area contributed by atoms with Gasteiger partial charge in [0.25, 0.3) is 6.71 Å². The molecular formula is C65H68BN3. The minimum absolute atomic E-state index is 0.0247. The molecule has 0 radical (unpaired) electrons.